The van der Waals surface area contributed by atoms with E-state index in [1.54, 1.807) is 0 Å². The van der Waals surface area contributed by atoms with Gasteiger partial charge in [-0.15, -0.1) is 0 Å². The average molecular weight is 740 g/mol. The Bertz CT molecular complexity index is 3200. The molecule has 0 aliphatic rings. The van der Waals surface area contributed by atoms with Crippen LogP contribution in [0.25, 0.3) is 88.0 Å². The quantitative estimate of drug-likeness (QED) is 0.151. The molecule has 0 spiro atoms. The van der Waals surface area contributed by atoms with E-state index >= 15 is 0 Å². The molecule has 0 aliphatic heterocycles. The molecule has 0 saturated carbocycles. The van der Waals surface area contributed by atoms with E-state index in [9.17, 15) is 0 Å². The maximum absolute atomic E-state index is 6.51. The fourth-order valence-electron chi connectivity index (χ4n) is 8.54. The van der Waals surface area contributed by atoms with Crippen LogP contribution in [0.4, 0.5) is 17.1 Å². The molecule has 1 aromatic heterocycles. The highest BCUT2D eigenvalue weighted by Crippen LogP contribution is 2.43. The molecule has 0 unspecified atom stereocenters. The molecule has 0 aliphatic carbocycles. The third kappa shape index (κ3) is 6.00. The Kier molecular flexibility index (Phi) is 8.19. The molecule has 0 radical (unpaired) electrons. The summed E-state index contributed by atoms with van der Waals surface area (Å²) >= 11 is 0. The Balaban J connectivity index is 1.07. The van der Waals surface area contributed by atoms with Crippen LogP contribution in [0.1, 0.15) is 0 Å². The van der Waals surface area contributed by atoms with Crippen LogP contribution < -0.4 is 4.90 Å². The minimum atomic E-state index is 0.890. The second kappa shape index (κ2) is 14.1. The highest BCUT2D eigenvalue weighted by atomic mass is 16.3. The summed E-state index contributed by atoms with van der Waals surface area (Å²) in [6.45, 7) is 0. The average Bonchev–Trinajstić information content (AvgIpc) is 3.68. The molecule has 0 amide bonds. The first kappa shape index (κ1) is 33.6. The minimum Gasteiger partial charge on any atom is -0.455 e. The minimum absolute atomic E-state index is 0.890. The number of para-hydroxylation sites is 1. The summed E-state index contributed by atoms with van der Waals surface area (Å²) in [5.41, 5.74) is 14.3. The molecule has 0 atom stereocenters. The Hall–Kier alpha value is -7.68. The largest absolute Gasteiger partial charge is 0.455 e. The van der Waals surface area contributed by atoms with Gasteiger partial charge in [0.25, 0.3) is 0 Å². The van der Waals surface area contributed by atoms with Gasteiger partial charge in [-0.2, -0.15) is 0 Å². The van der Waals surface area contributed by atoms with Crippen molar-refractivity contribution in [1.82, 2.24) is 0 Å². The zero-order valence-corrected chi connectivity index (χ0v) is 31.7. The van der Waals surface area contributed by atoms with E-state index in [1.165, 1.54) is 43.8 Å². The standard InChI is InChI=1S/C56H37NO/c1-4-13-38(14-5-1)45-33-46(39-15-6-2-7-16-39)35-49(34-45)57(48-31-27-43-24-23-42-19-10-11-20-50(42)53(43)37-48)47-29-25-40(26-30-47)44-28-32-55-54(36-44)52-22-12-21-51(56(52)58-55)41-17-8-3-9-18-41/h1-37H. The van der Waals surface area contributed by atoms with Gasteiger partial charge < -0.3 is 9.32 Å². The van der Waals surface area contributed by atoms with Crippen molar-refractivity contribution in [3.8, 4) is 44.5 Å². The number of nitrogens with zero attached hydrogens (tertiary/aromatic N) is 1. The second-order valence-corrected chi connectivity index (χ2v) is 14.9. The maximum Gasteiger partial charge on any atom is 0.143 e. The molecule has 0 fully saturated rings. The van der Waals surface area contributed by atoms with Gasteiger partial charge in [-0.1, -0.05) is 170 Å². The van der Waals surface area contributed by atoms with Gasteiger partial charge in [0, 0.05) is 33.4 Å². The van der Waals surface area contributed by atoms with Crippen LogP contribution in [0.2, 0.25) is 0 Å². The Morgan fingerprint density at radius 2 is 0.828 bits per heavy atom. The molecular weight excluding hydrogens is 703 g/mol. The molecule has 272 valence electrons. The lowest BCUT2D eigenvalue weighted by molar-refractivity contribution is 0.670. The van der Waals surface area contributed by atoms with Crippen molar-refractivity contribution in [1.29, 1.82) is 0 Å². The van der Waals surface area contributed by atoms with Gasteiger partial charge in [0.05, 0.1) is 0 Å². The number of furan rings is 1. The summed E-state index contributed by atoms with van der Waals surface area (Å²) in [5, 5.41) is 7.18. The highest BCUT2D eigenvalue weighted by Gasteiger charge is 2.18. The van der Waals surface area contributed by atoms with Crippen molar-refractivity contribution in [3.63, 3.8) is 0 Å². The van der Waals surface area contributed by atoms with Crippen LogP contribution in [-0.4, -0.2) is 0 Å². The number of rotatable bonds is 7. The Morgan fingerprint density at radius 3 is 1.53 bits per heavy atom. The molecule has 11 rings (SSSR count). The first-order valence-electron chi connectivity index (χ1n) is 19.8. The molecule has 0 bridgehead atoms. The van der Waals surface area contributed by atoms with Crippen molar-refractivity contribution in [2.75, 3.05) is 4.90 Å². The SMILES string of the molecule is c1ccc(-c2cc(-c3ccccc3)cc(N(c3ccc(-c4ccc5oc6c(-c7ccccc7)cccc6c5c4)cc3)c3ccc4ccc5ccccc5c4c3)c2)cc1. The number of fused-ring (bicyclic) bond motifs is 6. The highest BCUT2D eigenvalue weighted by molar-refractivity contribution is 6.11. The van der Waals surface area contributed by atoms with Crippen LogP contribution in [0.5, 0.6) is 0 Å². The molecular formula is C56H37NO. The van der Waals surface area contributed by atoms with Crippen LogP contribution >= 0.6 is 0 Å². The second-order valence-electron chi connectivity index (χ2n) is 14.9. The lowest BCUT2D eigenvalue weighted by Crippen LogP contribution is -2.10. The monoisotopic (exact) mass is 739 g/mol. The summed E-state index contributed by atoms with van der Waals surface area (Å²) in [6.07, 6.45) is 0. The van der Waals surface area contributed by atoms with Crippen LogP contribution in [-0.2, 0) is 0 Å². The summed E-state index contributed by atoms with van der Waals surface area (Å²) < 4.78 is 6.51. The predicted molar refractivity (Wildman–Crippen MR) is 245 cm³/mol. The zero-order chi connectivity index (χ0) is 38.4. The number of hydrogen-bond donors (Lipinski definition) is 0. The van der Waals surface area contributed by atoms with Crippen LogP contribution in [0, 0.1) is 0 Å². The summed E-state index contributed by atoms with van der Waals surface area (Å²) in [5.74, 6) is 0. The molecule has 0 saturated heterocycles. The van der Waals surface area contributed by atoms with E-state index in [4.69, 9.17) is 4.42 Å². The summed E-state index contributed by atoms with van der Waals surface area (Å²) in [4.78, 5) is 2.40. The number of anilines is 3. The topological polar surface area (TPSA) is 16.4 Å². The van der Waals surface area contributed by atoms with E-state index in [-0.39, 0.29) is 0 Å². The zero-order valence-electron chi connectivity index (χ0n) is 31.7. The molecule has 58 heavy (non-hydrogen) atoms. The van der Waals surface area contributed by atoms with E-state index in [0.717, 1.165) is 61.3 Å². The maximum atomic E-state index is 6.51. The lowest BCUT2D eigenvalue weighted by atomic mass is 9.96. The predicted octanol–water partition coefficient (Wildman–Crippen LogP) is 16.0. The molecule has 0 N–H and O–H groups in total. The fraction of sp³-hybridized carbons (Fsp3) is 0. The normalized spacial score (nSPS) is 11.4. The Labute approximate surface area is 337 Å². The van der Waals surface area contributed by atoms with Crippen molar-refractivity contribution in [2.45, 2.75) is 0 Å². The molecule has 2 heteroatoms. The van der Waals surface area contributed by atoms with Gasteiger partial charge in [-0.3, -0.25) is 0 Å². The van der Waals surface area contributed by atoms with Gasteiger partial charge in [-0.05, 0) is 115 Å². The van der Waals surface area contributed by atoms with Crippen molar-refractivity contribution < 1.29 is 4.42 Å². The van der Waals surface area contributed by atoms with Crippen LogP contribution in [0.3, 0.4) is 0 Å². The smallest absolute Gasteiger partial charge is 0.143 e. The van der Waals surface area contributed by atoms with E-state index in [1.807, 2.05) is 6.07 Å². The third-order valence-corrected chi connectivity index (χ3v) is 11.4. The van der Waals surface area contributed by atoms with Gasteiger partial charge in [0.1, 0.15) is 11.2 Å². The summed E-state index contributed by atoms with van der Waals surface area (Å²) in [7, 11) is 0. The third-order valence-electron chi connectivity index (χ3n) is 11.4. The molecule has 10 aromatic carbocycles. The van der Waals surface area contributed by atoms with Gasteiger partial charge >= 0.3 is 0 Å². The lowest BCUT2D eigenvalue weighted by Gasteiger charge is -2.27. The van der Waals surface area contributed by atoms with Gasteiger partial charge in [0.15, 0.2) is 0 Å². The molecule has 1 heterocycles. The fourth-order valence-corrected chi connectivity index (χ4v) is 8.54. The molecule has 2 nitrogen and oxygen atoms in total. The summed E-state index contributed by atoms with van der Waals surface area (Å²) in [6, 6.07) is 80.8. The van der Waals surface area contributed by atoms with Crippen molar-refractivity contribution >= 4 is 60.5 Å². The van der Waals surface area contributed by atoms with Crippen LogP contribution in [0.15, 0.2) is 229 Å². The van der Waals surface area contributed by atoms with E-state index in [0.29, 0.717) is 0 Å². The molecule has 11 aromatic rings. The number of hydrogen-bond acceptors (Lipinski definition) is 2. The van der Waals surface area contributed by atoms with E-state index in [2.05, 4.69) is 223 Å². The first-order chi connectivity index (χ1) is 28.7. The van der Waals surface area contributed by atoms with Gasteiger partial charge in [0.2, 0.25) is 0 Å². The van der Waals surface area contributed by atoms with E-state index < -0.39 is 0 Å². The first-order valence-corrected chi connectivity index (χ1v) is 19.8. The van der Waals surface area contributed by atoms with Crippen molar-refractivity contribution in [2.24, 2.45) is 0 Å². The van der Waals surface area contributed by atoms with Gasteiger partial charge in [-0.25, -0.2) is 0 Å². The van der Waals surface area contributed by atoms with Crippen molar-refractivity contribution in [3.05, 3.63) is 224 Å². The number of benzene rings is 10. The Morgan fingerprint density at radius 1 is 0.276 bits per heavy atom.